The van der Waals surface area contributed by atoms with Crippen LogP contribution in [0.25, 0.3) is 0 Å². The fourth-order valence-corrected chi connectivity index (χ4v) is 3.30. The van der Waals surface area contributed by atoms with Gasteiger partial charge in [-0.25, -0.2) is 0 Å². The highest BCUT2D eigenvalue weighted by molar-refractivity contribution is 9.10. The molecule has 1 nitrogen and oxygen atoms in total. The molecule has 0 aliphatic heterocycles. The van der Waals surface area contributed by atoms with Crippen LogP contribution in [0, 0.1) is 11.8 Å². The summed E-state index contributed by atoms with van der Waals surface area (Å²) in [5, 5.41) is 0. The summed E-state index contributed by atoms with van der Waals surface area (Å²) < 4.78 is 7.17. The lowest BCUT2D eigenvalue weighted by atomic mass is 9.82. The molecule has 1 fully saturated rings. The molecule has 1 aliphatic rings. The third-order valence-corrected chi connectivity index (χ3v) is 4.00. The third-order valence-electron chi connectivity index (χ3n) is 3.51. The van der Waals surface area contributed by atoms with Crippen LogP contribution in [0.3, 0.4) is 0 Å². The van der Waals surface area contributed by atoms with Crippen LogP contribution < -0.4 is 0 Å². The Hall–Kier alpha value is -0.340. The smallest absolute Gasteiger partial charge is 0.0721 e. The van der Waals surface area contributed by atoms with Crippen LogP contribution in [0.5, 0.6) is 0 Å². The Morgan fingerprint density at radius 3 is 2.53 bits per heavy atom. The topological polar surface area (TPSA) is 9.23 Å². The lowest BCUT2D eigenvalue weighted by molar-refractivity contribution is -0.00917. The molecule has 0 spiro atoms. The number of hydrogen-bond donors (Lipinski definition) is 0. The largest absolute Gasteiger partial charge is 0.374 e. The Bertz CT molecular complexity index is 354. The van der Waals surface area contributed by atoms with Crippen molar-refractivity contribution in [2.75, 3.05) is 0 Å². The molecule has 1 aromatic carbocycles. The first-order valence-corrected chi connectivity index (χ1v) is 7.29. The van der Waals surface area contributed by atoms with Gasteiger partial charge < -0.3 is 4.74 Å². The molecule has 0 radical (unpaired) electrons. The average molecular weight is 297 g/mol. The summed E-state index contributed by atoms with van der Waals surface area (Å²) in [7, 11) is 0. The van der Waals surface area contributed by atoms with Gasteiger partial charge >= 0.3 is 0 Å². The molecular weight excluding hydrogens is 276 g/mol. The Morgan fingerprint density at radius 2 is 1.88 bits per heavy atom. The van der Waals surface area contributed by atoms with E-state index in [1.165, 1.54) is 24.8 Å². The van der Waals surface area contributed by atoms with Gasteiger partial charge in [0.05, 0.1) is 12.7 Å². The van der Waals surface area contributed by atoms with Crippen LogP contribution in [-0.4, -0.2) is 6.10 Å². The van der Waals surface area contributed by atoms with E-state index in [0.717, 1.165) is 22.9 Å². The molecule has 2 heteroatoms. The molecule has 2 unspecified atom stereocenters. The van der Waals surface area contributed by atoms with Gasteiger partial charge in [-0.05, 0) is 48.8 Å². The van der Waals surface area contributed by atoms with Gasteiger partial charge in [0.1, 0.15) is 0 Å². The van der Waals surface area contributed by atoms with Crippen LogP contribution >= 0.6 is 15.9 Å². The van der Waals surface area contributed by atoms with Crippen molar-refractivity contribution in [3.63, 3.8) is 0 Å². The molecule has 1 aliphatic carbocycles. The minimum atomic E-state index is 0.452. The highest BCUT2D eigenvalue weighted by Crippen LogP contribution is 2.30. The fraction of sp³-hybridized carbons (Fsp3) is 0.600. The second kappa shape index (κ2) is 6.01. The number of hydrogen-bond acceptors (Lipinski definition) is 1. The van der Waals surface area contributed by atoms with Crippen molar-refractivity contribution in [2.24, 2.45) is 11.8 Å². The van der Waals surface area contributed by atoms with Gasteiger partial charge in [-0.3, -0.25) is 0 Å². The molecule has 0 N–H and O–H groups in total. The standard InChI is InChI=1S/C15H21BrO/c1-11-6-12(2)8-15(7-11)17-10-13-4-3-5-14(16)9-13/h3-5,9,11-12,15H,6-8,10H2,1-2H3. The van der Waals surface area contributed by atoms with Gasteiger partial charge in [0.25, 0.3) is 0 Å². The Balaban J connectivity index is 1.85. The molecule has 2 atom stereocenters. The third kappa shape index (κ3) is 4.11. The van der Waals surface area contributed by atoms with Gasteiger partial charge in [-0.1, -0.05) is 41.9 Å². The van der Waals surface area contributed by atoms with Crippen LogP contribution in [-0.2, 0) is 11.3 Å². The van der Waals surface area contributed by atoms with Crippen molar-refractivity contribution in [3.05, 3.63) is 34.3 Å². The predicted octanol–water partition coefficient (Wildman–Crippen LogP) is 4.79. The van der Waals surface area contributed by atoms with E-state index in [9.17, 15) is 0 Å². The normalized spacial score (nSPS) is 29.2. The van der Waals surface area contributed by atoms with Gasteiger partial charge in [0.15, 0.2) is 0 Å². The molecule has 0 bridgehead atoms. The van der Waals surface area contributed by atoms with Gasteiger partial charge in [0, 0.05) is 4.47 Å². The van der Waals surface area contributed by atoms with E-state index in [0.29, 0.717) is 6.10 Å². The predicted molar refractivity (Wildman–Crippen MR) is 74.9 cm³/mol. The zero-order valence-electron chi connectivity index (χ0n) is 10.7. The molecule has 94 valence electrons. The van der Waals surface area contributed by atoms with Crippen molar-refractivity contribution in [3.8, 4) is 0 Å². The molecule has 0 amide bonds. The van der Waals surface area contributed by atoms with Crippen LogP contribution in [0.4, 0.5) is 0 Å². The number of halogens is 1. The van der Waals surface area contributed by atoms with E-state index in [-0.39, 0.29) is 0 Å². The van der Waals surface area contributed by atoms with E-state index < -0.39 is 0 Å². The van der Waals surface area contributed by atoms with Gasteiger partial charge in [-0.15, -0.1) is 0 Å². The molecule has 17 heavy (non-hydrogen) atoms. The number of benzene rings is 1. The zero-order valence-corrected chi connectivity index (χ0v) is 12.2. The first-order valence-electron chi connectivity index (χ1n) is 6.49. The van der Waals surface area contributed by atoms with E-state index in [2.05, 4.69) is 48.0 Å². The second-order valence-corrected chi connectivity index (χ2v) is 6.40. The molecule has 1 saturated carbocycles. The van der Waals surface area contributed by atoms with Gasteiger partial charge in [-0.2, -0.15) is 0 Å². The van der Waals surface area contributed by atoms with E-state index in [1.807, 2.05) is 6.07 Å². The quantitative estimate of drug-likeness (QED) is 0.779. The van der Waals surface area contributed by atoms with Crippen molar-refractivity contribution in [1.82, 2.24) is 0 Å². The molecule has 1 aromatic rings. The maximum atomic E-state index is 6.04. The van der Waals surface area contributed by atoms with Crippen molar-refractivity contribution >= 4 is 15.9 Å². The number of rotatable bonds is 3. The maximum absolute atomic E-state index is 6.04. The van der Waals surface area contributed by atoms with Crippen molar-refractivity contribution < 1.29 is 4.74 Å². The molecule has 2 rings (SSSR count). The molecule has 0 aromatic heterocycles. The van der Waals surface area contributed by atoms with Crippen LogP contribution in [0.2, 0.25) is 0 Å². The summed E-state index contributed by atoms with van der Waals surface area (Å²) in [5.41, 5.74) is 1.25. The summed E-state index contributed by atoms with van der Waals surface area (Å²) in [6.07, 6.45) is 4.25. The molecular formula is C15H21BrO. The fourth-order valence-electron chi connectivity index (χ4n) is 2.85. The summed E-state index contributed by atoms with van der Waals surface area (Å²) in [4.78, 5) is 0. The molecule has 0 saturated heterocycles. The number of ether oxygens (including phenoxy) is 1. The zero-order chi connectivity index (χ0) is 12.3. The van der Waals surface area contributed by atoms with Crippen molar-refractivity contribution in [1.29, 1.82) is 0 Å². The lowest BCUT2D eigenvalue weighted by Crippen LogP contribution is -2.26. The summed E-state index contributed by atoms with van der Waals surface area (Å²) in [6.45, 7) is 5.42. The highest BCUT2D eigenvalue weighted by atomic mass is 79.9. The first-order chi connectivity index (χ1) is 8.13. The summed E-state index contributed by atoms with van der Waals surface area (Å²) in [6, 6.07) is 8.37. The minimum Gasteiger partial charge on any atom is -0.374 e. The monoisotopic (exact) mass is 296 g/mol. The van der Waals surface area contributed by atoms with E-state index in [1.54, 1.807) is 0 Å². The Kier molecular flexibility index (Phi) is 4.63. The second-order valence-electron chi connectivity index (χ2n) is 5.48. The maximum Gasteiger partial charge on any atom is 0.0721 e. The van der Waals surface area contributed by atoms with Gasteiger partial charge in [0.2, 0.25) is 0 Å². The van der Waals surface area contributed by atoms with Crippen LogP contribution in [0.1, 0.15) is 38.7 Å². The summed E-state index contributed by atoms with van der Waals surface area (Å²) in [5.74, 6) is 1.62. The van der Waals surface area contributed by atoms with Crippen molar-refractivity contribution in [2.45, 2.75) is 45.8 Å². The SMILES string of the molecule is CC1CC(C)CC(OCc2cccc(Br)c2)C1. The van der Waals surface area contributed by atoms with Crippen LogP contribution in [0.15, 0.2) is 28.7 Å². The van der Waals surface area contributed by atoms with E-state index >= 15 is 0 Å². The lowest BCUT2D eigenvalue weighted by Gasteiger charge is -2.31. The Morgan fingerprint density at radius 1 is 1.18 bits per heavy atom. The summed E-state index contributed by atoms with van der Waals surface area (Å²) >= 11 is 3.49. The minimum absolute atomic E-state index is 0.452. The Labute approximate surface area is 113 Å². The first kappa shape index (κ1) is 13.1. The highest BCUT2D eigenvalue weighted by Gasteiger charge is 2.24. The average Bonchev–Trinajstić information content (AvgIpc) is 2.25. The van der Waals surface area contributed by atoms with E-state index in [4.69, 9.17) is 4.74 Å². The molecule has 0 heterocycles.